The normalized spacial score (nSPS) is 18.8. The van der Waals surface area contributed by atoms with Gasteiger partial charge in [0.25, 0.3) is 5.91 Å². The topological polar surface area (TPSA) is 90.7 Å². The van der Waals surface area contributed by atoms with Crippen LogP contribution in [0.25, 0.3) is 11.0 Å². The average molecular weight is 517 g/mol. The summed E-state index contributed by atoms with van der Waals surface area (Å²) in [6.07, 6.45) is -0.298. The van der Waals surface area contributed by atoms with Gasteiger partial charge in [0.1, 0.15) is 0 Å². The molecular weight excluding hydrogens is 485 g/mol. The number of aromatic nitrogens is 2. The van der Waals surface area contributed by atoms with Gasteiger partial charge in [-0.15, -0.1) is 0 Å². The van der Waals surface area contributed by atoms with Crippen molar-refractivity contribution in [3.8, 4) is 0 Å². The zero-order valence-electron chi connectivity index (χ0n) is 20.9. The van der Waals surface area contributed by atoms with Crippen LogP contribution < -0.4 is 5.62 Å². The Bertz CT molecular complexity index is 1360. The maximum absolute atomic E-state index is 13.1. The molecule has 2 amide bonds. The van der Waals surface area contributed by atoms with Crippen LogP contribution >= 0.6 is 0 Å². The second kappa shape index (κ2) is 10.9. The van der Waals surface area contributed by atoms with Gasteiger partial charge >= 0.3 is 6.18 Å². The van der Waals surface area contributed by atoms with Gasteiger partial charge in [-0.25, -0.2) is 0 Å². The van der Waals surface area contributed by atoms with Crippen LogP contribution in [0.5, 0.6) is 0 Å². The zero-order valence-corrected chi connectivity index (χ0v) is 20.9. The molecule has 37 heavy (non-hydrogen) atoms. The summed E-state index contributed by atoms with van der Waals surface area (Å²) in [5, 5.41) is 9.36. The molecule has 0 bridgehead atoms. The lowest BCUT2D eigenvalue weighted by atomic mass is 9.81. The number of aliphatic hydroxyl groups is 1. The van der Waals surface area contributed by atoms with Crippen molar-refractivity contribution in [2.45, 2.75) is 63.7 Å². The molecule has 0 radical (unpaired) electrons. The summed E-state index contributed by atoms with van der Waals surface area (Å²) in [4.78, 5) is 33.7. The molecule has 1 heterocycles. The Morgan fingerprint density at radius 1 is 1.19 bits per heavy atom. The Kier molecular flexibility index (Phi) is 7.87. The number of aromatic amines is 1. The number of nitrogens with one attached hydrogen (secondary N) is 1. The predicted molar refractivity (Wildman–Crippen MR) is 133 cm³/mol. The van der Waals surface area contributed by atoms with Crippen molar-refractivity contribution in [2.75, 3.05) is 13.7 Å². The molecule has 2 N–H and O–H groups in total. The molecular formula is C27H31F3N4O3. The molecule has 2 aromatic carbocycles. The van der Waals surface area contributed by atoms with Crippen molar-refractivity contribution in [1.29, 1.82) is 0 Å². The number of fused-ring (bicyclic) bond motifs is 1. The minimum Gasteiger partial charge on any atom is -0.396 e. The summed E-state index contributed by atoms with van der Waals surface area (Å²) in [7, 11) is 1.84. The molecule has 7 nitrogen and oxygen atoms in total. The lowest BCUT2D eigenvalue weighted by Crippen LogP contribution is -2.38. The molecule has 2 atom stereocenters. The van der Waals surface area contributed by atoms with Crippen LogP contribution in [0.3, 0.4) is 0 Å². The first-order valence-electron chi connectivity index (χ1n) is 12.4. The first-order valence-corrected chi connectivity index (χ1v) is 12.4. The van der Waals surface area contributed by atoms with Crippen LogP contribution in [0.1, 0.15) is 66.4 Å². The van der Waals surface area contributed by atoms with Gasteiger partial charge in [0.05, 0.1) is 16.6 Å². The van der Waals surface area contributed by atoms with Crippen molar-refractivity contribution in [3.63, 3.8) is 0 Å². The van der Waals surface area contributed by atoms with Crippen LogP contribution in [0.4, 0.5) is 13.2 Å². The summed E-state index contributed by atoms with van der Waals surface area (Å²) in [5.41, 5.74) is 1.77. The zero-order chi connectivity index (χ0) is 26.7. The van der Waals surface area contributed by atoms with Crippen molar-refractivity contribution in [2.24, 2.45) is 4.99 Å². The Hall–Kier alpha value is -3.40. The first kappa shape index (κ1) is 26.7. The lowest BCUT2D eigenvalue weighted by Gasteiger charge is -2.35. The Morgan fingerprint density at radius 2 is 1.97 bits per heavy atom. The SMILES string of the molecule is CC(=O)N(C)C1CCCC(c2ccc3c(c2)[nH]/c(=N\C(=O)c2cccc(C(F)(F)F)c2)n3CCCO)C1. The number of alkyl halides is 3. The number of rotatable bonds is 6. The monoisotopic (exact) mass is 516 g/mol. The largest absolute Gasteiger partial charge is 0.416 e. The van der Waals surface area contributed by atoms with E-state index < -0.39 is 17.6 Å². The molecule has 2 unspecified atom stereocenters. The van der Waals surface area contributed by atoms with E-state index in [1.165, 1.54) is 12.1 Å². The fraction of sp³-hybridized carbons (Fsp3) is 0.444. The van der Waals surface area contributed by atoms with Gasteiger partial charge in [0, 0.05) is 38.7 Å². The van der Waals surface area contributed by atoms with E-state index in [-0.39, 0.29) is 35.7 Å². The third-order valence-corrected chi connectivity index (χ3v) is 7.16. The average Bonchev–Trinajstić information content (AvgIpc) is 3.22. The number of aryl methyl sites for hydroxylation is 1. The maximum atomic E-state index is 13.1. The van der Waals surface area contributed by atoms with E-state index in [9.17, 15) is 27.9 Å². The summed E-state index contributed by atoms with van der Waals surface area (Å²) in [6.45, 7) is 1.89. The number of amides is 2. The predicted octanol–water partition coefficient (Wildman–Crippen LogP) is 4.62. The van der Waals surface area contributed by atoms with Crippen molar-refractivity contribution >= 4 is 22.8 Å². The number of carbonyl (C=O) groups excluding carboxylic acids is 2. The molecule has 0 spiro atoms. The number of nitrogens with zero attached hydrogens (tertiary/aromatic N) is 3. The number of benzene rings is 2. The minimum absolute atomic E-state index is 0.0482. The van der Waals surface area contributed by atoms with Gasteiger partial charge in [0.2, 0.25) is 11.5 Å². The molecule has 1 aliphatic carbocycles. The fourth-order valence-corrected chi connectivity index (χ4v) is 5.05. The molecule has 10 heteroatoms. The van der Waals surface area contributed by atoms with E-state index in [4.69, 9.17) is 0 Å². The van der Waals surface area contributed by atoms with E-state index in [0.29, 0.717) is 13.0 Å². The van der Waals surface area contributed by atoms with E-state index in [0.717, 1.165) is 54.4 Å². The molecule has 3 aromatic rings. The third kappa shape index (κ3) is 5.95. The molecule has 198 valence electrons. The van der Waals surface area contributed by atoms with Gasteiger partial charge in [0.15, 0.2) is 0 Å². The van der Waals surface area contributed by atoms with E-state index in [1.807, 2.05) is 25.2 Å². The smallest absolute Gasteiger partial charge is 0.396 e. The Labute approximate surface area is 212 Å². The minimum atomic E-state index is -4.56. The van der Waals surface area contributed by atoms with Crippen LogP contribution in [0.15, 0.2) is 47.5 Å². The second-order valence-electron chi connectivity index (χ2n) is 9.60. The molecule has 1 saturated carbocycles. The Balaban J connectivity index is 1.69. The quantitative estimate of drug-likeness (QED) is 0.501. The number of hydrogen-bond acceptors (Lipinski definition) is 3. The summed E-state index contributed by atoms with van der Waals surface area (Å²) < 4.78 is 41.1. The van der Waals surface area contributed by atoms with Gasteiger partial charge in [-0.05, 0) is 67.5 Å². The van der Waals surface area contributed by atoms with E-state index in [2.05, 4.69) is 9.98 Å². The fourth-order valence-electron chi connectivity index (χ4n) is 5.05. The highest BCUT2D eigenvalue weighted by Gasteiger charge is 2.31. The molecule has 1 aromatic heterocycles. The van der Waals surface area contributed by atoms with Gasteiger partial charge in [-0.2, -0.15) is 18.2 Å². The van der Waals surface area contributed by atoms with Gasteiger partial charge < -0.3 is 19.6 Å². The summed E-state index contributed by atoms with van der Waals surface area (Å²) in [6, 6.07) is 10.4. The van der Waals surface area contributed by atoms with Gasteiger partial charge in [-0.1, -0.05) is 18.6 Å². The molecule has 1 aliphatic rings. The molecule has 0 aliphatic heterocycles. The van der Waals surface area contributed by atoms with Crippen LogP contribution in [0, 0.1) is 0 Å². The van der Waals surface area contributed by atoms with Crippen LogP contribution in [-0.2, 0) is 17.5 Å². The maximum Gasteiger partial charge on any atom is 0.416 e. The number of carbonyl (C=O) groups is 2. The third-order valence-electron chi connectivity index (χ3n) is 7.16. The second-order valence-corrected chi connectivity index (χ2v) is 9.60. The highest BCUT2D eigenvalue weighted by atomic mass is 19.4. The first-order chi connectivity index (χ1) is 17.6. The van der Waals surface area contributed by atoms with Crippen molar-refractivity contribution in [3.05, 3.63) is 64.8 Å². The number of H-pyrrole nitrogens is 1. The van der Waals surface area contributed by atoms with Crippen LogP contribution in [-0.4, -0.2) is 51.1 Å². The standard InChI is InChI=1S/C27H31F3N4O3/c1-17(36)33(2)22-9-4-6-18(15-22)19-10-11-24-23(16-19)31-26(34(24)12-5-13-35)32-25(37)20-7-3-8-21(14-20)27(28,29)30/h3,7-8,10-11,14,16,18,22,35H,4-6,9,12-13,15H2,1-2H3,(H,31,32,37). The van der Waals surface area contributed by atoms with Crippen molar-refractivity contribution in [1.82, 2.24) is 14.5 Å². The number of aliphatic hydroxyl groups excluding tert-OH is 1. The van der Waals surface area contributed by atoms with E-state index in [1.54, 1.807) is 16.4 Å². The summed E-state index contributed by atoms with van der Waals surface area (Å²) in [5.74, 6) is -0.476. The van der Waals surface area contributed by atoms with Crippen LogP contribution in [0.2, 0.25) is 0 Å². The number of imidazole rings is 1. The van der Waals surface area contributed by atoms with Gasteiger partial charge in [-0.3, -0.25) is 9.59 Å². The molecule has 1 fully saturated rings. The lowest BCUT2D eigenvalue weighted by molar-refractivity contribution is -0.137. The molecule has 4 rings (SSSR count). The van der Waals surface area contributed by atoms with E-state index >= 15 is 0 Å². The highest BCUT2D eigenvalue weighted by Crippen LogP contribution is 2.36. The molecule has 0 saturated heterocycles. The highest BCUT2D eigenvalue weighted by molar-refractivity contribution is 5.95. The Morgan fingerprint density at radius 3 is 2.68 bits per heavy atom. The number of hydrogen-bond donors (Lipinski definition) is 2. The number of halogens is 3. The van der Waals surface area contributed by atoms with Crippen molar-refractivity contribution < 1.29 is 27.9 Å². The summed E-state index contributed by atoms with van der Waals surface area (Å²) >= 11 is 0.